The molecule has 1 atom stereocenters. The van der Waals surface area contributed by atoms with Crippen LogP contribution in [0.1, 0.15) is 18.2 Å². The van der Waals surface area contributed by atoms with E-state index in [4.69, 9.17) is 25.0 Å². The van der Waals surface area contributed by atoms with Crippen molar-refractivity contribution in [1.82, 2.24) is 25.1 Å². The summed E-state index contributed by atoms with van der Waals surface area (Å²) in [5.41, 5.74) is 7.55. The summed E-state index contributed by atoms with van der Waals surface area (Å²) in [5, 5.41) is 8.82. The molecule has 27 heavy (non-hydrogen) atoms. The van der Waals surface area contributed by atoms with Gasteiger partial charge in [0.15, 0.2) is 5.65 Å². The molecular weight excluding hydrogens is 348 g/mol. The molecule has 1 aliphatic rings. The molecule has 3 N–H and O–H groups in total. The maximum absolute atomic E-state index is 6.11. The normalized spacial score (nSPS) is 16.6. The standard InChI is InChI=1S/C18H22N6O3/c1-25-12-5-13(26-2)7-14(6-12)27-9-15-16-17(19)21-10-22-18(16)24(23-15)11-3-4-20-8-11/h5-7,10-11,20H,3-4,8-9H2,1-2H3,(H2,19,21,22). The van der Waals surface area contributed by atoms with Gasteiger partial charge in [-0.1, -0.05) is 0 Å². The Labute approximate surface area is 156 Å². The summed E-state index contributed by atoms with van der Waals surface area (Å²) in [4.78, 5) is 8.52. The van der Waals surface area contributed by atoms with Crippen LogP contribution in [-0.4, -0.2) is 47.1 Å². The van der Waals surface area contributed by atoms with Gasteiger partial charge in [0.25, 0.3) is 0 Å². The number of rotatable bonds is 6. The van der Waals surface area contributed by atoms with Crippen LogP contribution in [0.25, 0.3) is 11.0 Å². The van der Waals surface area contributed by atoms with Crippen LogP contribution < -0.4 is 25.3 Å². The Kier molecular flexibility index (Phi) is 4.68. The molecule has 142 valence electrons. The topological polar surface area (TPSA) is 109 Å². The number of hydrogen-bond acceptors (Lipinski definition) is 8. The summed E-state index contributed by atoms with van der Waals surface area (Å²) in [7, 11) is 3.20. The number of fused-ring (bicyclic) bond motifs is 1. The lowest BCUT2D eigenvalue weighted by Crippen LogP contribution is -2.15. The highest BCUT2D eigenvalue weighted by molar-refractivity contribution is 5.88. The molecule has 0 amide bonds. The lowest BCUT2D eigenvalue weighted by atomic mass is 10.2. The Bertz CT molecular complexity index is 929. The molecule has 0 bridgehead atoms. The maximum Gasteiger partial charge on any atom is 0.164 e. The zero-order valence-corrected chi connectivity index (χ0v) is 15.3. The minimum absolute atomic E-state index is 0.234. The molecule has 1 fully saturated rings. The van der Waals surface area contributed by atoms with Crippen LogP contribution in [0.3, 0.4) is 0 Å². The Morgan fingerprint density at radius 1 is 1.15 bits per heavy atom. The van der Waals surface area contributed by atoms with Crippen molar-refractivity contribution in [3.8, 4) is 17.2 Å². The van der Waals surface area contributed by atoms with E-state index in [0.717, 1.165) is 30.5 Å². The lowest BCUT2D eigenvalue weighted by Gasteiger charge is -2.10. The largest absolute Gasteiger partial charge is 0.496 e. The fourth-order valence-corrected chi connectivity index (χ4v) is 3.29. The number of aromatic nitrogens is 4. The second-order valence-corrected chi connectivity index (χ2v) is 6.33. The number of nitrogens with one attached hydrogen (secondary N) is 1. The molecule has 0 aliphatic carbocycles. The van der Waals surface area contributed by atoms with Crippen LogP contribution in [-0.2, 0) is 6.61 Å². The van der Waals surface area contributed by atoms with Gasteiger partial charge in [0.2, 0.25) is 0 Å². The molecular formula is C18H22N6O3. The predicted octanol–water partition coefficient (Wildman–Crippen LogP) is 1.54. The van der Waals surface area contributed by atoms with Crippen LogP contribution in [0, 0.1) is 0 Å². The van der Waals surface area contributed by atoms with E-state index in [2.05, 4.69) is 15.3 Å². The average Bonchev–Trinajstić information content (AvgIpc) is 3.34. The molecule has 4 rings (SSSR count). The number of nitrogens with zero attached hydrogens (tertiary/aromatic N) is 4. The molecule has 1 unspecified atom stereocenters. The summed E-state index contributed by atoms with van der Waals surface area (Å²) >= 11 is 0. The van der Waals surface area contributed by atoms with E-state index in [9.17, 15) is 0 Å². The number of hydrogen-bond donors (Lipinski definition) is 2. The third-order valence-corrected chi connectivity index (χ3v) is 4.67. The fraction of sp³-hybridized carbons (Fsp3) is 0.389. The van der Waals surface area contributed by atoms with Gasteiger partial charge in [-0.05, 0) is 13.0 Å². The molecule has 9 nitrogen and oxygen atoms in total. The number of ether oxygens (including phenoxy) is 3. The first-order chi connectivity index (χ1) is 13.2. The molecule has 1 aromatic carbocycles. The molecule has 0 saturated carbocycles. The molecule has 3 heterocycles. The molecule has 2 aromatic heterocycles. The van der Waals surface area contributed by atoms with E-state index in [1.165, 1.54) is 6.33 Å². The Balaban J connectivity index is 1.66. The van der Waals surface area contributed by atoms with E-state index < -0.39 is 0 Å². The number of nitrogens with two attached hydrogens (primary N) is 1. The van der Waals surface area contributed by atoms with Crippen molar-refractivity contribution in [3.05, 3.63) is 30.2 Å². The highest BCUT2D eigenvalue weighted by Crippen LogP contribution is 2.30. The minimum Gasteiger partial charge on any atom is -0.496 e. The lowest BCUT2D eigenvalue weighted by molar-refractivity contribution is 0.294. The predicted molar refractivity (Wildman–Crippen MR) is 100 cm³/mol. The Hall–Kier alpha value is -3.07. The summed E-state index contributed by atoms with van der Waals surface area (Å²) in [6, 6.07) is 5.62. The van der Waals surface area contributed by atoms with Crippen LogP contribution >= 0.6 is 0 Å². The maximum atomic E-state index is 6.11. The smallest absolute Gasteiger partial charge is 0.164 e. The van der Waals surface area contributed by atoms with E-state index in [1.807, 2.05) is 4.68 Å². The molecule has 1 saturated heterocycles. The molecule has 1 aliphatic heterocycles. The van der Waals surface area contributed by atoms with Crippen molar-refractivity contribution in [2.75, 3.05) is 33.0 Å². The average molecular weight is 370 g/mol. The monoisotopic (exact) mass is 370 g/mol. The second-order valence-electron chi connectivity index (χ2n) is 6.33. The van der Waals surface area contributed by atoms with Crippen molar-refractivity contribution < 1.29 is 14.2 Å². The van der Waals surface area contributed by atoms with Crippen LogP contribution in [0.4, 0.5) is 5.82 Å². The van der Waals surface area contributed by atoms with Crippen molar-refractivity contribution in [3.63, 3.8) is 0 Å². The summed E-state index contributed by atoms with van der Waals surface area (Å²) in [6.45, 7) is 2.05. The molecule has 0 spiro atoms. The van der Waals surface area contributed by atoms with Crippen LogP contribution in [0.15, 0.2) is 24.5 Å². The van der Waals surface area contributed by atoms with Gasteiger partial charge in [0, 0.05) is 24.7 Å². The fourth-order valence-electron chi connectivity index (χ4n) is 3.29. The minimum atomic E-state index is 0.234. The van der Waals surface area contributed by atoms with Crippen LogP contribution in [0.5, 0.6) is 17.2 Å². The Morgan fingerprint density at radius 3 is 2.56 bits per heavy atom. The second kappa shape index (κ2) is 7.28. The molecule has 0 radical (unpaired) electrons. The third kappa shape index (κ3) is 3.33. The number of anilines is 1. The summed E-state index contributed by atoms with van der Waals surface area (Å²) in [6.07, 6.45) is 2.46. The van der Waals surface area contributed by atoms with Gasteiger partial charge < -0.3 is 25.3 Å². The molecule has 3 aromatic rings. The number of methoxy groups -OCH3 is 2. The zero-order valence-electron chi connectivity index (χ0n) is 15.3. The first-order valence-corrected chi connectivity index (χ1v) is 8.73. The van der Waals surface area contributed by atoms with Gasteiger partial charge in [-0.25, -0.2) is 14.6 Å². The van der Waals surface area contributed by atoms with Gasteiger partial charge in [-0.15, -0.1) is 0 Å². The van der Waals surface area contributed by atoms with Gasteiger partial charge in [-0.3, -0.25) is 0 Å². The van der Waals surface area contributed by atoms with Crippen molar-refractivity contribution >= 4 is 16.9 Å². The number of nitrogen functional groups attached to an aromatic ring is 1. The summed E-state index contributed by atoms with van der Waals surface area (Å²) < 4.78 is 18.4. The highest BCUT2D eigenvalue weighted by Gasteiger charge is 2.24. The van der Waals surface area contributed by atoms with Gasteiger partial charge in [0.05, 0.1) is 25.6 Å². The SMILES string of the molecule is COc1cc(OC)cc(OCc2nn(C3CCNC3)c3ncnc(N)c23)c1. The van der Waals surface area contributed by atoms with Crippen molar-refractivity contribution in [1.29, 1.82) is 0 Å². The van der Waals surface area contributed by atoms with Gasteiger partial charge in [0.1, 0.15) is 41.7 Å². The number of benzene rings is 1. The highest BCUT2D eigenvalue weighted by atomic mass is 16.5. The van der Waals surface area contributed by atoms with E-state index in [0.29, 0.717) is 28.8 Å². The quantitative estimate of drug-likeness (QED) is 0.672. The molecule has 9 heteroatoms. The first-order valence-electron chi connectivity index (χ1n) is 8.73. The van der Waals surface area contributed by atoms with E-state index in [-0.39, 0.29) is 12.6 Å². The zero-order chi connectivity index (χ0) is 18.8. The first kappa shape index (κ1) is 17.3. The van der Waals surface area contributed by atoms with E-state index in [1.54, 1.807) is 32.4 Å². The van der Waals surface area contributed by atoms with Crippen molar-refractivity contribution in [2.45, 2.75) is 19.1 Å². The van der Waals surface area contributed by atoms with Gasteiger partial charge in [-0.2, -0.15) is 5.10 Å². The van der Waals surface area contributed by atoms with E-state index >= 15 is 0 Å². The summed E-state index contributed by atoms with van der Waals surface area (Å²) in [5.74, 6) is 2.32. The Morgan fingerprint density at radius 2 is 1.89 bits per heavy atom. The van der Waals surface area contributed by atoms with Crippen molar-refractivity contribution in [2.24, 2.45) is 0 Å². The third-order valence-electron chi connectivity index (χ3n) is 4.67. The van der Waals surface area contributed by atoms with Crippen LogP contribution in [0.2, 0.25) is 0 Å². The van der Waals surface area contributed by atoms with Gasteiger partial charge >= 0.3 is 0 Å².